The second-order valence-corrected chi connectivity index (χ2v) is 7.29. The number of nitrogens with zero attached hydrogens (tertiary/aromatic N) is 2. The van der Waals surface area contributed by atoms with Crippen molar-refractivity contribution in [2.45, 2.75) is 26.8 Å². The zero-order chi connectivity index (χ0) is 24.5. The van der Waals surface area contributed by atoms with Crippen LogP contribution in [0.25, 0.3) is 0 Å². The summed E-state index contributed by atoms with van der Waals surface area (Å²) in [5.41, 5.74) is 0.614. The van der Waals surface area contributed by atoms with Crippen LogP contribution in [0.1, 0.15) is 20.8 Å². The molecule has 0 spiro atoms. The Hall–Kier alpha value is -3.04. The van der Waals surface area contributed by atoms with Crippen molar-refractivity contribution >= 4 is 46.3 Å². The van der Waals surface area contributed by atoms with Crippen LogP contribution in [0.15, 0.2) is 34.5 Å². The van der Waals surface area contributed by atoms with Gasteiger partial charge >= 0.3 is 0 Å². The number of azo groups is 1. The van der Waals surface area contributed by atoms with Gasteiger partial charge in [0.15, 0.2) is 5.78 Å². The van der Waals surface area contributed by atoms with Crippen LogP contribution in [0.3, 0.4) is 0 Å². The first-order chi connectivity index (χ1) is 15.7. The zero-order valence-corrected chi connectivity index (χ0v) is 20.4. The molecule has 0 bridgehead atoms. The highest BCUT2D eigenvalue weighted by atomic mass is 35.5. The normalized spacial score (nSPS) is 11.7. The highest BCUT2D eigenvalue weighted by Crippen LogP contribution is 2.39. The van der Waals surface area contributed by atoms with Crippen molar-refractivity contribution in [2.75, 3.05) is 32.8 Å². The molecule has 0 saturated heterocycles. The molecule has 9 nitrogen and oxygen atoms in total. The number of methoxy groups -OCH3 is 2. The standard InChI is InChI=1S/C22H25Cl2N3O6/c1-6-32-17-10-14(11-18(20(17)24)33-7-2)26-27-21(12(3)28)22(29)25-13-8-15(30-4)19(23)16(9-13)31-5/h8-11,21H,6-7H2,1-5H3,(H,25,29). The molecule has 0 aliphatic rings. The molecule has 33 heavy (non-hydrogen) atoms. The fourth-order valence-electron chi connectivity index (χ4n) is 2.73. The summed E-state index contributed by atoms with van der Waals surface area (Å²) in [6.45, 7) is 5.60. The van der Waals surface area contributed by atoms with E-state index in [0.717, 1.165) is 0 Å². The van der Waals surface area contributed by atoms with Crippen molar-refractivity contribution in [3.05, 3.63) is 34.3 Å². The van der Waals surface area contributed by atoms with Crippen molar-refractivity contribution in [2.24, 2.45) is 10.2 Å². The molecule has 11 heteroatoms. The van der Waals surface area contributed by atoms with Crippen molar-refractivity contribution in [3.63, 3.8) is 0 Å². The summed E-state index contributed by atoms with van der Waals surface area (Å²) in [7, 11) is 2.86. The van der Waals surface area contributed by atoms with E-state index in [9.17, 15) is 9.59 Å². The van der Waals surface area contributed by atoms with Gasteiger partial charge < -0.3 is 24.3 Å². The monoisotopic (exact) mass is 497 g/mol. The summed E-state index contributed by atoms with van der Waals surface area (Å²) in [5.74, 6) is 0.0853. The number of carbonyl (C=O) groups excluding carboxylic acids is 2. The van der Waals surface area contributed by atoms with Gasteiger partial charge in [-0.05, 0) is 20.8 Å². The number of hydrogen-bond acceptors (Lipinski definition) is 8. The molecular weight excluding hydrogens is 473 g/mol. The van der Waals surface area contributed by atoms with Gasteiger partial charge in [-0.25, -0.2) is 0 Å². The average Bonchev–Trinajstić information content (AvgIpc) is 2.77. The molecule has 0 saturated carbocycles. The number of hydrogen-bond donors (Lipinski definition) is 1. The number of nitrogens with one attached hydrogen (secondary N) is 1. The number of Topliss-reactive ketones (excluding diaryl/α,β-unsaturated/α-hetero) is 1. The van der Waals surface area contributed by atoms with Gasteiger partial charge in [0.2, 0.25) is 6.04 Å². The molecule has 0 radical (unpaired) electrons. The molecule has 2 aromatic rings. The topological polar surface area (TPSA) is 108 Å². The Morgan fingerprint density at radius 1 is 0.909 bits per heavy atom. The van der Waals surface area contributed by atoms with Gasteiger partial charge in [-0.3, -0.25) is 9.59 Å². The second kappa shape index (κ2) is 12.3. The summed E-state index contributed by atoms with van der Waals surface area (Å²) >= 11 is 12.4. The van der Waals surface area contributed by atoms with E-state index in [1.165, 1.54) is 33.3 Å². The third-order valence-electron chi connectivity index (χ3n) is 4.23. The first-order valence-electron chi connectivity index (χ1n) is 9.98. The Morgan fingerprint density at radius 3 is 1.82 bits per heavy atom. The Kier molecular flexibility index (Phi) is 9.74. The van der Waals surface area contributed by atoms with E-state index in [0.29, 0.717) is 52.6 Å². The van der Waals surface area contributed by atoms with E-state index in [-0.39, 0.29) is 5.02 Å². The second-order valence-electron chi connectivity index (χ2n) is 6.53. The van der Waals surface area contributed by atoms with E-state index < -0.39 is 17.7 Å². The first kappa shape index (κ1) is 26.2. The Labute approximate surface area is 202 Å². The average molecular weight is 498 g/mol. The van der Waals surface area contributed by atoms with Gasteiger partial charge in [-0.1, -0.05) is 23.2 Å². The number of ether oxygens (including phenoxy) is 4. The minimum atomic E-state index is -1.40. The van der Waals surface area contributed by atoms with Crippen molar-refractivity contribution in [3.8, 4) is 23.0 Å². The number of benzene rings is 2. The fourth-order valence-corrected chi connectivity index (χ4v) is 3.21. The summed E-state index contributed by atoms with van der Waals surface area (Å²) < 4.78 is 21.4. The molecule has 1 amide bonds. The van der Waals surface area contributed by atoms with E-state index in [4.69, 9.17) is 42.1 Å². The fraction of sp³-hybridized carbons (Fsp3) is 0.364. The number of anilines is 1. The van der Waals surface area contributed by atoms with Gasteiger partial charge in [0.1, 0.15) is 33.0 Å². The highest BCUT2D eigenvalue weighted by Gasteiger charge is 2.24. The van der Waals surface area contributed by atoms with E-state index >= 15 is 0 Å². The van der Waals surface area contributed by atoms with E-state index in [1.807, 2.05) is 13.8 Å². The predicted molar refractivity (Wildman–Crippen MR) is 126 cm³/mol. The number of rotatable bonds is 11. The number of halogens is 2. The smallest absolute Gasteiger partial charge is 0.258 e. The lowest BCUT2D eigenvalue weighted by Gasteiger charge is -2.14. The summed E-state index contributed by atoms with van der Waals surface area (Å²) in [6, 6.07) is 4.68. The largest absolute Gasteiger partial charge is 0.495 e. The third kappa shape index (κ3) is 6.72. The Morgan fingerprint density at radius 2 is 1.39 bits per heavy atom. The van der Waals surface area contributed by atoms with Gasteiger partial charge in [0, 0.05) is 30.0 Å². The minimum Gasteiger partial charge on any atom is -0.495 e. The Balaban J connectivity index is 2.33. The number of carbonyl (C=O) groups is 2. The van der Waals surface area contributed by atoms with Crippen molar-refractivity contribution in [1.29, 1.82) is 0 Å². The van der Waals surface area contributed by atoms with Gasteiger partial charge in [-0.15, -0.1) is 0 Å². The van der Waals surface area contributed by atoms with Gasteiger partial charge in [0.25, 0.3) is 5.91 Å². The molecule has 0 aliphatic carbocycles. The maximum atomic E-state index is 12.8. The Bertz CT molecular complexity index is 993. The third-order valence-corrected chi connectivity index (χ3v) is 4.97. The first-order valence-corrected chi connectivity index (χ1v) is 10.7. The van der Waals surface area contributed by atoms with Gasteiger partial charge in [-0.2, -0.15) is 10.2 Å². The van der Waals surface area contributed by atoms with E-state index in [1.54, 1.807) is 12.1 Å². The van der Waals surface area contributed by atoms with Crippen LogP contribution in [0.5, 0.6) is 23.0 Å². The summed E-state index contributed by atoms with van der Waals surface area (Å²) in [4.78, 5) is 24.9. The molecule has 1 unspecified atom stereocenters. The lowest BCUT2D eigenvalue weighted by molar-refractivity contribution is -0.126. The highest BCUT2D eigenvalue weighted by molar-refractivity contribution is 6.34. The molecule has 0 aliphatic heterocycles. The molecule has 0 fully saturated rings. The van der Waals surface area contributed by atoms with Crippen LogP contribution < -0.4 is 24.3 Å². The SMILES string of the molecule is CCOc1cc(N=NC(C(C)=O)C(=O)Nc2cc(OC)c(Cl)c(OC)c2)cc(OCC)c1Cl. The summed E-state index contributed by atoms with van der Waals surface area (Å²) in [5, 5.41) is 11.1. The van der Waals surface area contributed by atoms with Gasteiger partial charge in [0.05, 0.1) is 33.1 Å². The predicted octanol–water partition coefficient (Wildman–Crippen LogP) is 5.49. The van der Waals surface area contributed by atoms with Crippen LogP contribution in [-0.2, 0) is 9.59 Å². The number of ketones is 1. The molecule has 1 N–H and O–H groups in total. The minimum absolute atomic E-state index is 0.249. The summed E-state index contributed by atoms with van der Waals surface area (Å²) in [6.07, 6.45) is 0. The molecule has 2 aromatic carbocycles. The molecule has 1 atom stereocenters. The van der Waals surface area contributed by atoms with Crippen LogP contribution in [-0.4, -0.2) is 45.2 Å². The molecule has 0 aromatic heterocycles. The lowest BCUT2D eigenvalue weighted by Crippen LogP contribution is -2.31. The molecule has 2 rings (SSSR count). The van der Waals surface area contributed by atoms with Crippen molar-refractivity contribution in [1.82, 2.24) is 0 Å². The molecule has 178 valence electrons. The van der Waals surface area contributed by atoms with Crippen molar-refractivity contribution < 1.29 is 28.5 Å². The van der Waals surface area contributed by atoms with Crippen LogP contribution in [0.2, 0.25) is 10.0 Å². The maximum absolute atomic E-state index is 12.8. The molecule has 0 heterocycles. The quantitative estimate of drug-likeness (QED) is 0.324. The van der Waals surface area contributed by atoms with Crippen LogP contribution in [0, 0.1) is 0 Å². The van der Waals surface area contributed by atoms with E-state index in [2.05, 4.69) is 15.5 Å². The lowest BCUT2D eigenvalue weighted by atomic mass is 10.2. The number of amides is 1. The van der Waals surface area contributed by atoms with Crippen LogP contribution in [0.4, 0.5) is 11.4 Å². The maximum Gasteiger partial charge on any atom is 0.258 e. The zero-order valence-electron chi connectivity index (χ0n) is 18.9. The van der Waals surface area contributed by atoms with Crippen LogP contribution >= 0.6 is 23.2 Å². The molecular formula is C22H25Cl2N3O6.